The van der Waals surface area contributed by atoms with Crippen LogP contribution in [0.2, 0.25) is 5.02 Å². The number of nitro groups is 1. The molecular weight excluding hydrogens is 266 g/mol. The fraction of sp³-hybridized carbons (Fsp3) is 0.308. The average Bonchev–Trinajstić information content (AvgIpc) is 2.59. The van der Waals surface area contributed by atoms with Crippen molar-refractivity contribution in [3.63, 3.8) is 0 Å². The van der Waals surface area contributed by atoms with Crippen molar-refractivity contribution in [1.82, 2.24) is 9.78 Å². The molecule has 0 aliphatic carbocycles. The summed E-state index contributed by atoms with van der Waals surface area (Å²) in [7, 11) is 0. The number of benzene rings is 1. The second-order valence-electron chi connectivity index (χ2n) is 4.49. The Kier molecular flexibility index (Phi) is 3.57. The second kappa shape index (κ2) is 5.01. The first-order valence-electron chi connectivity index (χ1n) is 5.83. The van der Waals surface area contributed by atoms with Gasteiger partial charge < -0.3 is 0 Å². The molecule has 1 heterocycles. The van der Waals surface area contributed by atoms with Crippen LogP contribution in [-0.2, 0) is 6.54 Å². The van der Waals surface area contributed by atoms with Crippen LogP contribution in [0.15, 0.2) is 18.2 Å². The van der Waals surface area contributed by atoms with Crippen molar-refractivity contribution >= 4 is 17.3 Å². The standard InChI is InChI=1S/C13H14ClN3O2/c1-8-9(2)15-16(10(8)3)7-11-6-12(17(18)19)4-5-13(11)14/h4-6H,7H2,1-3H3. The van der Waals surface area contributed by atoms with Gasteiger partial charge in [0, 0.05) is 22.8 Å². The van der Waals surface area contributed by atoms with Gasteiger partial charge in [-0.2, -0.15) is 5.10 Å². The van der Waals surface area contributed by atoms with Gasteiger partial charge in [-0.15, -0.1) is 0 Å². The van der Waals surface area contributed by atoms with Gasteiger partial charge in [0.15, 0.2) is 0 Å². The van der Waals surface area contributed by atoms with Crippen molar-refractivity contribution in [1.29, 1.82) is 0 Å². The molecule has 5 nitrogen and oxygen atoms in total. The topological polar surface area (TPSA) is 61.0 Å². The minimum Gasteiger partial charge on any atom is -0.265 e. The Morgan fingerprint density at radius 3 is 2.58 bits per heavy atom. The molecule has 0 unspecified atom stereocenters. The van der Waals surface area contributed by atoms with E-state index in [0.717, 1.165) is 17.0 Å². The van der Waals surface area contributed by atoms with Gasteiger partial charge in [0.2, 0.25) is 0 Å². The Labute approximate surface area is 116 Å². The monoisotopic (exact) mass is 279 g/mol. The molecule has 100 valence electrons. The predicted octanol–water partition coefficient (Wildman–Crippen LogP) is 3.42. The van der Waals surface area contributed by atoms with Crippen LogP contribution in [0, 0.1) is 30.9 Å². The Morgan fingerprint density at radius 1 is 1.37 bits per heavy atom. The van der Waals surface area contributed by atoms with Gasteiger partial charge in [0.05, 0.1) is 17.2 Å². The van der Waals surface area contributed by atoms with E-state index in [2.05, 4.69) is 5.10 Å². The van der Waals surface area contributed by atoms with Gasteiger partial charge in [-0.1, -0.05) is 11.6 Å². The highest BCUT2D eigenvalue weighted by molar-refractivity contribution is 6.31. The summed E-state index contributed by atoms with van der Waals surface area (Å²) in [4.78, 5) is 10.4. The molecule has 0 amide bonds. The fourth-order valence-corrected chi connectivity index (χ4v) is 2.07. The van der Waals surface area contributed by atoms with Crippen molar-refractivity contribution in [2.24, 2.45) is 0 Å². The Morgan fingerprint density at radius 2 is 2.05 bits per heavy atom. The van der Waals surface area contributed by atoms with Crippen LogP contribution in [-0.4, -0.2) is 14.7 Å². The number of aromatic nitrogens is 2. The normalized spacial score (nSPS) is 10.7. The van der Waals surface area contributed by atoms with Crippen LogP contribution in [0.25, 0.3) is 0 Å². The number of halogens is 1. The molecule has 0 fully saturated rings. The van der Waals surface area contributed by atoms with Crippen molar-refractivity contribution in [3.05, 3.63) is 55.9 Å². The van der Waals surface area contributed by atoms with E-state index in [0.29, 0.717) is 17.1 Å². The zero-order valence-corrected chi connectivity index (χ0v) is 11.7. The number of nitrogens with zero attached hydrogens (tertiary/aromatic N) is 3. The molecule has 0 aliphatic heterocycles. The molecule has 19 heavy (non-hydrogen) atoms. The maximum atomic E-state index is 10.8. The van der Waals surface area contributed by atoms with Gasteiger partial charge >= 0.3 is 0 Å². The van der Waals surface area contributed by atoms with Gasteiger partial charge in [0.25, 0.3) is 5.69 Å². The predicted molar refractivity (Wildman–Crippen MR) is 73.6 cm³/mol. The molecule has 0 atom stereocenters. The van der Waals surface area contributed by atoms with Crippen LogP contribution in [0.1, 0.15) is 22.5 Å². The number of aryl methyl sites for hydroxylation is 1. The Bertz CT molecular complexity index is 650. The van der Waals surface area contributed by atoms with Gasteiger partial charge in [-0.25, -0.2) is 0 Å². The highest BCUT2D eigenvalue weighted by atomic mass is 35.5. The zero-order chi connectivity index (χ0) is 14.2. The van der Waals surface area contributed by atoms with Crippen molar-refractivity contribution in [2.45, 2.75) is 27.3 Å². The van der Waals surface area contributed by atoms with Crippen molar-refractivity contribution in [3.8, 4) is 0 Å². The molecule has 0 aliphatic rings. The molecule has 6 heteroatoms. The Balaban J connectivity index is 2.40. The van der Waals surface area contributed by atoms with E-state index in [1.807, 2.05) is 25.5 Å². The second-order valence-corrected chi connectivity index (χ2v) is 4.89. The largest absolute Gasteiger partial charge is 0.269 e. The molecule has 0 radical (unpaired) electrons. The SMILES string of the molecule is Cc1nn(Cc2cc([N+](=O)[O-])ccc2Cl)c(C)c1C. The summed E-state index contributed by atoms with van der Waals surface area (Å²) in [6, 6.07) is 4.44. The van der Waals surface area contributed by atoms with Gasteiger partial charge in [0.1, 0.15) is 0 Å². The highest BCUT2D eigenvalue weighted by Crippen LogP contribution is 2.23. The van der Waals surface area contributed by atoms with E-state index in [4.69, 9.17) is 11.6 Å². The number of nitro benzene ring substituents is 1. The van der Waals surface area contributed by atoms with E-state index in [9.17, 15) is 10.1 Å². The average molecular weight is 280 g/mol. The first kappa shape index (κ1) is 13.5. The summed E-state index contributed by atoms with van der Waals surface area (Å²) in [5.41, 5.74) is 3.86. The number of hydrogen-bond acceptors (Lipinski definition) is 3. The van der Waals surface area contributed by atoms with E-state index in [-0.39, 0.29) is 5.69 Å². The lowest BCUT2D eigenvalue weighted by molar-refractivity contribution is -0.384. The van der Waals surface area contributed by atoms with Crippen LogP contribution in [0.4, 0.5) is 5.69 Å². The summed E-state index contributed by atoms with van der Waals surface area (Å²) in [6.45, 7) is 6.35. The lowest BCUT2D eigenvalue weighted by Crippen LogP contribution is -2.05. The molecule has 0 N–H and O–H groups in total. The molecule has 1 aromatic heterocycles. The Hall–Kier alpha value is -1.88. The smallest absolute Gasteiger partial charge is 0.265 e. The number of rotatable bonds is 3. The molecular formula is C13H14ClN3O2. The molecule has 2 aromatic rings. The van der Waals surface area contributed by atoms with E-state index < -0.39 is 4.92 Å². The van der Waals surface area contributed by atoms with Crippen LogP contribution < -0.4 is 0 Å². The number of hydrogen-bond donors (Lipinski definition) is 0. The summed E-state index contributed by atoms with van der Waals surface area (Å²) < 4.78 is 1.82. The van der Waals surface area contributed by atoms with Crippen LogP contribution >= 0.6 is 11.6 Å². The molecule has 1 aromatic carbocycles. The first-order valence-corrected chi connectivity index (χ1v) is 6.21. The van der Waals surface area contributed by atoms with Crippen LogP contribution in [0.5, 0.6) is 0 Å². The third-order valence-corrected chi connectivity index (χ3v) is 3.67. The van der Waals surface area contributed by atoms with E-state index in [1.54, 1.807) is 6.07 Å². The third-order valence-electron chi connectivity index (χ3n) is 3.30. The first-order chi connectivity index (χ1) is 8.90. The molecule has 0 bridgehead atoms. The third kappa shape index (κ3) is 2.61. The van der Waals surface area contributed by atoms with Gasteiger partial charge in [-0.05, 0) is 38.0 Å². The summed E-state index contributed by atoms with van der Waals surface area (Å²) in [5, 5.41) is 15.7. The van der Waals surface area contributed by atoms with Crippen LogP contribution in [0.3, 0.4) is 0 Å². The fourth-order valence-electron chi connectivity index (χ4n) is 1.90. The molecule has 0 saturated carbocycles. The van der Waals surface area contributed by atoms with Gasteiger partial charge in [-0.3, -0.25) is 14.8 Å². The lowest BCUT2D eigenvalue weighted by atomic mass is 10.2. The van der Waals surface area contributed by atoms with Crippen molar-refractivity contribution in [2.75, 3.05) is 0 Å². The summed E-state index contributed by atoms with van der Waals surface area (Å²) in [5.74, 6) is 0. The van der Waals surface area contributed by atoms with E-state index >= 15 is 0 Å². The summed E-state index contributed by atoms with van der Waals surface area (Å²) in [6.07, 6.45) is 0. The van der Waals surface area contributed by atoms with E-state index in [1.165, 1.54) is 12.1 Å². The minimum atomic E-state index is -0.424. The molecule has 0 spiro atoms. The molecule has 0 saturated heterocycles. The molecule has 2 rings (SSSR count). The maximum absolute atomic E-state index is 10.8. The highest BCUT2D eigenvalue weighted by Gasteiger charge is 2.13. The minimum absolute atomic E-state index is 0.0395. The number of non-ortho nitro benzene ring substituents is 1. The maximum Gasteiger partial charge on any atom is 0.269 e. The lowest BCUT2D eigenvalue weighted by Gasteiger charge is -2.07. The zero-order valence-electron chi connectivity index (χ0n) is 11.0. The van der Waals surface area contributed by atoms with Crippen molar-refractivity contribution < 1.29 is 4.92 Å². The quantitative estimate of drug-likeness (QED) is 0.639. The summed E-state index contributed by atoms with van der Waals surface area (Å²) >= 11 is 6.09.